The normalized spacial score (nSPS) is 18.4. The van der Waals surface area contributed by atoms with E-state index in [1.807, 2.05) is 6.92 Å². The lowest BCUT2D eigenvalue weighted by atomic mass is 9.96. The summed E-state index contributed by atoms with van der Waals surface area (Å²) in [6.45, 7) is 5.11. The number of Topliss-reactive ketones (excluding diaryl/α,β-unsaturated/α-hetero) is 1. The molecule has 0 aliphatic heterocycles. The molecule has 2 saturated carbocycles. The second-order valence-electron chi connectivity index (χ2n) is 9.55. The Morgan fingerprint density at radius 3 is 2.46 bits per heavy atom. The van der Waals surface area contributed by atoms with Crippen LogP contribution in [0, 0.1) is 17.8 Å². The van der Waals surface area contributed by atoms with Gasteiger partial charge in [0.15, 0.2) is 23.0 Å². The van der Waals surface area contributed by atoms with E-state index in [0.717, 1.165) is 12.8 Å². The summed E-state index contributed by atoms with van der Waals surface area (Å²) < 4.78 is 27.5. The Hall–Kier alpha value is -2.68. The Labute approximate surface area is 206 Å². The standard InChI is InChI=1S/C26H37NO8/c1-16(13-21(29)23-25(34-15-33-18(3)28)22(31-4)11-12-27-23)26(30)35-17(2)24(20-7-5-6-8-20)32-14-19-9-10-19/h11-12,16-17,19-20,24H,5-10,13-15H2,1-4H3/t16-,17+,24+/m1/s1. The minimum Gasteiger partial charge on any atom is -0.493 e. The molecule has 0 saturated heterocycles. The molecule has 0 N–H and O–H groups in total. The molecule has 194 valence electrons. The maximum absolute atomic E-state index is 13.0. The fourth-order valence-electron chi connectivity index (χ4n) is 4.40. The molecule has 3 atom stereocenters. The van der Waals surface area contributed by atoms with E-state index >= 15 is 0 Å². The zero-order valence-electron chi connectivity index (χ0n) is 21.1. The van der Waals surface area contributed by atoms with Gasteiger partial charge in [-0.3, -0.25) is 14.4 Å². The third-order valence-electron chi connectivity index (χ3n) is 6.56. The number of nitrogens with zero attached hydrogens (tertiary/aromatic N) is 1. The Balaban J connectivity index is 1.60. The first-order chi connectivity index (χ1) is 16.8. The average Bonchev–Trinajstić information content (AvgIpc) is 3.50. The van der Waals surface area contributed by atoms with E-state index in [1.54, 1.807) is 6.92 Å². The molecule has 0 unspecified atom stereocenters. The first kappa shape index (κ1) is 26.9. The third-order valence-corrected chi connectivity index (χ3v) is 6.56. The maximum atomic E-state index is 13.0. The highest BCUT2D eigenvalue weighted by atomic mass is 16.7. The summed E-state index contributed by atoms with van der Waals surface area (Å²) in [5, 5.41) is 0. The number of carbonyl (C=O) groups excluding carboxylic acids is 3. The number of aromatic nitrogens is 1. The van der Waals surface area contributed by atoms with Crippen LogP contribution in [0.3, 0.4) is 0 Å². The average molecular weight is 492 g/mol. The highest BCUT2D eigenvalue weighted by Crippen LogP contribution is 2.35. The Morgan fingerprint density at radius 1 is 1.11 bits per heavy atom. The number of ketones is 1. The van der Waals surface area contributed by atoms with Gasteiger partial charge in [0.05, 0.1) is 19.1 Å². The molecule has 9 heteroatoms. The summed E-state index contributed by atoms with van der Waals surface area (Å²) in [4.78, 5) is 41.1. The number of esters is 2. The number of hydrogen-bond donors (Lipinski definition) is 0. The minimum absolute atomic E-state index is 0.000740. The van der Waals surface area contributed by atoms with Crippen molar-refractivity contribution in [1.82, 2.24) is 4.98 Å². The van der Waals surface area contributed by atoms with Crippen LogP contribution >= 0.6 is 0 Å². The minimum atomic E-state index is -0.688. The number of pyridine rings is 1. The molecule has 1 aromatic heterocycles. The van der Waals surface area contributed by atoms with Gasteiger partial charge in [-0.15, -0.1) is 0 Å². The van der Waals surface area contributed by atoms with Gasteiger partial charge in [-0.1, -0.05) is 19.8 Å². The van der Waals surface area contributed by atoms with Gasteiger partial charge in [0.2, 0.25) is 6.79 Å². The lowest BCUT2D eigenvalue weighted by Crippen LogP contribution is -2.38. The molecule has 2 aliphatic carbocycles. The first-order valence-electron chi connectivity index (χ1n) is 12.4. The highest BCUT2D eigenvalue weighted by molar-refractivity contribution is 5.99. The molecular weight excluding hydrogens is 454 g/mol. The smallest absolute Gasteiger partial charge is 0.309 e. The van der Waals surface area contributed by atoms with Crippen LogP contribution in [-0.2, 0) is 23.8 Å². The molecule has 0 bridgehead atoms. The van der Waals surface area contributed by atoms with Crippen molar-refractivity contribution in [2.24, 2.45) is 17.8 Å². The van der Waals surface area contributed by atoms with E-state index < -0.39 is 30.4 Å². The lowest BCUT2D eigenvalue weighted by molar-refractivity contribution is -0.163. The van der Waals surface area contributed by atoms with E-state index in [1.165, 1.54) is 52.0 Å². The van der Waals surface area contributed by atoms with Crippen LogP contribution in [0.1, 0.15) is 76.2 Å². The maximum Gasteiger partial charge on any atom is 0.309 e. The quantitative estimate of drug-likeness (QED) is 0.216. The SMILES string of the molecule is COc1ccnc(C(=O)C[C@@H](C)C(=O)O[C@@H](C)[C@H](OCC2CC2)C2CCCC2)c1OCOC(C)=O. The molecule has 0 spiro atoms. The van der Waals surface area contributed by atoms with E-state index in [4.69, 9.17) is 23.7 Å². The third kappa shape index (κ3) is 7.92. The molecule has 1 aromatic rings. The van der Waals surface area contributed by atoms with Gasteiger partial charge in [-0.05, 0) is 44.4 Å². The molecule has 2 fully saturated rings. The number of carbonyl (C=O) groups is 3. The molecule has 2 aliphatic rings. The highest BCUT2D eigenvalue weighted by Gasteiger charge is 2.35. The summed E-state index contributed by atoms with van der Waals surface area (Å²) in [5.74, 6) is -0.714. The number of hydrogen-bond acceptors (Lipinski definition) is 9. The van der Waals surface area contributed by atoms with Gasteiger partial charge < -0.3 is 23.7 Å². The predicted molar refractivity (Wildman–Crippen MR) is 126 cm³/mol. The predicted octanol–water partition coefficient (Wildman–Crippen LogP) is 4.12. The van der Waals surface area contributed by atoms with Gasteiger partial charge in [0.1, 0.15) is 6.10 Å². The molecule has 0 radical (unpaired) electrons. The van der Waals surface area contributed by atoms with E-state index in [9.17, 15) is 14.4 Å². The van der Waals surface area contributed by atoms with E-state index in [2.05, 4.69) is 4.98 Å². The van der Waals surface area contributed by atoms with Gasteiger partial charge in [0, 0.05) is 32.2 Å². The van der Waals surface area contributed by atoms with Crippen molar-refractivity contribution in [3.05, 3.63) is 18.0 Å². The fourth-order valence-corrected chi connectivity index (χ4v) is 4.40. The lowest BCUT2D eigenvalue weighted by Gasteiger charge is -2.30. The van der Waals surface area contributed by atoms with E-state index in [0.29, 0.717) is 18.4 Å². The van der Waals surface area contributed by atoms with Crippen LogP contribution in [0.5, 0.6) is 11.5 Å². The topological polar surface area (TPSA) is 110 Å². The Kier molecular flexibility index (Phi) is 9.89. The van der Waals surface area contributed by atoms with Crippen molar-refractivity contribution in [3.8, 4) is 11.5 Å². The van der Waals surface area contributed by atoms with Crippen LogP contribution in [0.4, 0.5) is 0 Å². The van der Waals surface area contributed by atoms with Crippen LogP contribution < -0.4 is 9.47 Å². The van der Waals surface area contributed by atoms with Crippen molar-refractivity contribution < 1.29 is 38.1 Å². The zero-order valence-corrected chi connectivity index (χ0v) is 21.1. The Morgan fingerprint density at radius 2 is 1.83 bits per heavy atom. The van der Waals surface area contributed by atoms with Gasteiger partial charge >= 0.3 is 11.9 Å². The molecule has 9 nitrogen and oxygen atoms in total. The van der Waals surface area contributed by atoms with Crippen LogP contribution in [0.2, 0.25) is 0 Å². The number of ether oxygens (including phenoxy) is 5. The summed E-state index contributed by atoms with van der Waals surface area (Å²) in [7, 11) is 1.43. The summed E-state index contributed by atoms with van der Waals surface area (Å²) in [6, 6.07) is 1.53. The second kappa shape index (κ2) is 12.9. The van der Waals surface area contributed by atoms with Crippen molar-refractivity contribution in [1.29, 1.82) is 0 Å². The van der Waals surface area contributed by atoms with Crippen LogP contribution in [0.25, 0.3) is 0 Å². The number of methoxy groups -OCH3 is 1. The van der Waals surface area contributed by atoms with Crippen molar-refractivity contribution in [2.45, 2.75) is 77.9 Å². The van der Waals surface area contributed by atoms with Crippen molar-refractivity contribution in [2.75, 3.05) is 20.5 Å². The van der Waals surface area contributed by atoms with Crippen LogP contribution in [0.15, 0.2) is 12.3 Å². The number of rotatable bonds is 14. The molecule has 0 amide bonds. The molecular formula is C26H37NO8. The summed E-state index contributed by atoms with van der Waals surface area (Å²) >= 11 is 0. The molecule has 1 heterocycles. The second-order valence-corrected chi connectivity index (χ2v) is 9.55. The van der Waals surface area contributed by atoms with Gasteiger partial charge in [0.25, 0.3) is 0 Å². The summed E-state index contributed by atoms with van der Waals surface area (Å²) in [5.41, 5.74) is 0.000740. The molecule has 35 heavy (non-hydrogen) atoms. The van der Waals surface area contributed by atoms with Crippen molar-refractivity contribution in [3.63, 3.8) is 0 Å². The van der Waals surface area contributed by atoms with Gasteiger partial charge in [-0.2, -0.15) is 0 Å². The fraction of sp³-hybridized carbons (Fsp3) is 0.692. The Bertz CT molecular complexity index is 878. The van der Waals surface area contributed by atoms with Crippen LogP contribution in [-0.4, -0.2) is 55.4 Å². The zero-order chi connectivity index (χ0) is 25.4. The largest absolute Gasteiger partial charge is 0.493 e. The molecule has 0 aromatic carbocycles. The molecule has 3 rings (SSSR count). The monoisotopic (exact) mass is 491 g/mol. The van der Waals surface area contributed by atoms with Gasteiger partial charge in [-0.25, -0.2) is 4.98 Å². The summed E-state index contributed by atoms with van der Waals surface area (Å²) in [6.07, 6.45) is 7.72. The van der Waals surface area contributed by atoms with Crippen molar-refractivity contribution >= 4 is 17.7 Å². The van der Waals surface area contributed by atoms with E-state index in [-0.39, 0.29) is 35.8 Å². The first-order valence-corrected chi connectivity index (χ1v) is 12.4.